The van der Waals surface area contributed by atoms with Crippen molar-refractivity contribution in [1.82, 2.24) is 10.2 Å². The number of rotatable bonds is 9. The maximum atomic E-state index is 11.5. The first kappa shape index (κ1) is 20.2. The van der Waals surface area contributed by atoms with Gasteiger partial charge in [0.1, 0.15) is 0 Å². The molecule has 1 N–H and O–H groups in total. The number of likely N-dealkylation sites (tertiary alicyclic amines) is 1. The number of aliphatic imine (C=N–C) groups is 1. The SMILES string of the molecule is CCS(=O)(=O)CCNC(=NC)N1CCC(OCCCOC)CC1. The molecule has 1 heterocycles. The summed E-state index contributed by atoms with van der Waals surface area (Å²) in [6.07, 6.45) is 3.13. The van der Waals surface area contributed by atoms with Gasteiger partial charge in [0, 0.05) is 52.8 Å². The van der Waals surface area contributed by atoms with E-state index in [1.54, 1.807) is 21.1 Å². The molecule has 0 aromatic heterocycles. The number of piperidine rings is 1. The van der Waals surface area contributed by atoms with Gasteiger partial charge in [-0.05, 0) is 19.3 Å². The minimum absolute atomic E-state index is 0.140. The fourth-order valence-corrected chi connectivity index (χ4v) is 3.18. The number of nitrogens with zero attached hydrogens (tertiary/aromatic N) is 2. The van der Waals surface area contributed by atoms with Crippen molar-refractivity contribution in [3.63, 3.8) is 0 Å². The Morgan fingerprint density at radius 2 is 2.00 bits per heavy atom. The predicted octanol–water partition coefficient (Wildman–Crippen LogP) is 0.514. The average Bonchev–Trinajstić information content (AvgIpc) is 2.56. The van der Waals surface area contributed by atoms with Gasteiger partial charge in [0.2, 0.25) is 0 Å². The molecule has 1 saturated heterocycles. The Balaban J connectivity index is 2.28. The molecule has 1 aliphatic rings. The van der Waals surface area contributed by atoms with Crippen LogP contribution in [0.4, 0.5) is 0 Å². The predicted molar refractivity (Wildman–Crippen MR) is 92.7 cm³/mol. The highest BCUT2D eigenvalue weighted by atomic mass is 32.2. The van der Waals surface area contributed by atoms with Gasteiger partial charge >= 0.3 is 0 Å². The molecule has 0 aromatic rings. The normalized spacial score (nSPS) is 17.5. The Labute approximate surface area is 140 Å². The summed E-state index contributed by atoms with van der Waals surface area (Å²) in [4.78, 5) is 6.41. The Hall–Kier alpha value is -0.860. The third kappa shape index (κ3) is 7.99. The van der Waals surface area contributed by atoms with Gasteiger partial charge in [-0.3, -0.25) is 4.99 Å². The van der Waals surface area contributed by atoms with Crippen LogP contribution in [0, 0.1) is 0 Å². The topological polar surface area (TPSA) is 80.2 Å². The second-order valence-electron chi connectivity index (χ2n) is 5.61. The van der Waals surface area contributed by atoms with Crippen LogP contribution in [0.2, 0.25) is 0 Å². The highest BCUT2D eigenvalue weighted by molar-refractivity contribution is 7.91. The number of ether oxygens (including phenoxy) is 2. The number of hydrogen-bond acceptors (Lipinski definition) is 5. The first-order valence-corrected chi connectivity index (χ1v) is 10.1. The summed E-state index contributed by atoms with van der Waals surface area (Å²) in [6, 6.07) is 0. The van der Waals surface area contributed by atoms with Gasteiger partial charge in [-0.15, -0.1) is 0 Å². The minimum Gasteiger partial charge on any atom is -0.385 e. The van der Waals surface area contributed by atoms with Gasteiger partial charge < -0.3 is 19.7 Å². The van der Waals surface area contributed by atoms with E-state index in [4.69, 9.17) is 9.47 Å². The molecule has 0 bridgehead atoms. The molecule has 0 spiro atoms. The third-order valence-electron chi connectivity index (χ3n) is 3.94. The summed E-state index contributed by atoms with van der Waals surface area (Å²) in [7, 11) is 0.479. The van der Waals surface area contributed by atoms with E-state index in [0.717, 1.165) is 51.5 Å². The Morgan fingerprint density at radius 3 is 2.57 bits per heavy atom. The second-order valence-corrected chi connectivity index (χ2v) is 8.09. The van der Waals surface area contributed by atoms with Crippen LogP contribution in [-0.4, -0.2) is 83.9 Å². The van der Waals surface area contributed by atoms with Crippen LogP contribution in [0.5, 0.6) is 0 Å². The lowest BCUT2D eigenvalue weighted by Gasteiger charge is -2.34. The summed E-state index contributed by atoms with van der Waals surface area (Å²) in [5, 5.41) is 3.14. The fourth-order valence-electron chi connectivity index (χ4n) is 2.48. The third-order valence-corrected chi connectivity index (χ3v) is 5.64. The van der Waals surface area contributed by atoms with E-state index in [1.165, 1.54) is 0 Å². The molecule has 1 rings (SSSR count). The van der Waals surface area contributed by atoms with E-state index in [1.807, 2.05) is 0 Å². The quantitative estimate of drug-likeness (QED) is 0.371. The van der Waals surface area contributed by atoms with Crippen molar-refractivity contribution in [3.05, 3.63) is 0 Å². The molecule has 0 amide bonds. The molecule has 0 radical (unpaired) electrons. The van der Waals surface area contributed by atoms with Gasteiger partial charge in [0.15, 0.2) is 15.8 Å². The van der Waals surface area contributed by atoms with Gasteiger partial charge in [-0.1, -0.05) is 6.92 Å². The van der Waals surface area contributed by atoms with Gasteiger partial charge in [0.05, 0.1) is 11.9 Å². The van der Waals surface area contributed by atoms with Crippen molar-refractivity contribution in [2.24, 2.45) is 4.99 Å². The van der Waals surface area contributed by atoms with Crippen LogP contribution < -0.4 is 5.32 Å². The highest BCUT2D eigenvalue weighted by Crippen LogP contribution is 2.14. The number of sulfone groups is 1. The van der Waals surface area contributed by atoms with Crippen LogP contribution in [0.25, 0.3) is 0 Å². The zero-order chi connectivity index (χ0) is 17.1. The van der Waals surface area contributed by atoms with Gasteiger partial charge in [-0.2, -0.15) is 0 Å². The lowest BCUT2D eigenvalue weighted by atomic mass is 10.1. The molecule has 1 aliphatic heterocycles. The zero-order valence-electron chi connectivity index (χ0n) is 14.6. The minimum atomic E-state index is -2.94. The maximum absolute atomic E-state index is 11.5. The van der Waals surface area contributed by atoms with Gasteiger partial charge in [-0.25, -0.2) is 8.42 Å². The Kier molecular flexibility index (Phi) is 9.50. The lowest BCUT2D eigenvalue weighted by molar-refractivity contribution is 0.00993. The molecular formula is C15H31N3O4S. The van der Waals surface area contributed by atoms with E-state index >= 15 is 0 Å². The molecular weight excluding hydrogens is 318 g/mol. The fraction of sp³-hybridized carbons (Fsp3) is 0.933. The summed E-state index contributed by atoms with van der Waals surface area (Å²) in [5.74, 6) is 1.09. The Morgan fingerprint density at radius 1 is 1.30 bits per heavy atom. The number of methoxy groups -OCH3 is 1. The first-order valence-electron chi connectivity index (χ1n) is 8.29. The first-order chi connectivity index (χ1) is 11.0. The monoisotopic (exact) mass is 349 g/mol. The van der Waals surface area contributed by atoms with E-state index in [0.29, 0.717) is 12.6 Å². The number of nitrogens with one attached hydrogen (secondary N) is 1. The molecule has 0 saturated carbocycles. The molecule has 8 heteroatoms. The maximum Gasteiger partial charge on any atom is 0.193 e. The van der Waals surface area contributed by atoms with E-state index < -0.39 is 9.84 Å². The molecule has 23 heavy (non-hydrogen) atoms. The van der Waals surface area contributed by atoms with E-state index in [9.17, 15) is 8.42 Å². The summed E-state index contributed by atoms with van der Waals surface area (Å²) in [6.45, 7) is 5.28. The molecule has 1 fully saturated rings. The van der Waals surface area contributed by atoms with Crippen LogP contribution in [0.3, 0.4) is 0 Å². The number of hydrogen-bond donors (Lipinski definition) is 1. The van der Waals surface area contributed by atoms with E-state index in [-0.39, 0.29) is 11.5 Å². The Bertz CT molecular complexity index is 446. The van der Waals surface area contributed by atoms with Gasteiger partial charge in [0.25, 0.3) is 0 Å². The van der Waals surface area contributed by atoms with Crippen LogP contribution in [0.15, 0.2) is 4.99 Å². The van der Waals surface area contributed by atoms with Crippen molar-refractivity contribution in [3.8, 4) is 0 Å². The van der Waals surface area contributed by atoms with Crippen molar-refractivity contribution >= 4 is 15.8 Å². The molecule has 0 aliphatic carbocycles. The van der Waals surface area contributed by atoms with Crippen molar-refractivity contribution in [2.75, 3.05) is 58.5 Å². The molecule has 0 unspecified atom stereocenters. The summed E-state index contributed by atoms with van der Waals surface area (Å²) < 4.78 is 33.9. The van der Waals surface area contributed by atoms with Crippen molar-refractivity contribution in [1.29, 1.82) is 0 Å². The lowest BCUT2D eigenvalue weighted by Crippen LogP contribution is -2.48. The van der Waals surface area contributed by atoms with Crippen LogP contribution in [0.1, 0.15) is 26.2 Å². The zero-order valence-corrected chi connectivity index (χ0v) is 15.4. The molecule has 0 atom stereocenters. The summed E-state index contributed by atoms with van der Waals surface area (Å²) in [5.41, 5.74) is 0. The average molecular weight is 349 g/mol. The van der Waals surface area contributed by atoms with Crippen molar-refractivity contribution < 1.29 is 17.9 Å². The van der Waals surface area contributed by atoms with Crippen LogP contribution >= 0.6 is 0 Å². The second kappa shape index (κ2) is 10.8. The number of guanidine groups is 1. The highest BCUT2D eigenvalue weighted by Gasteiger charge is 2.22. The smallest absolute Gasteiger partial charge is 0.193 e. The molecule has 7 nitrogen and oxygen atoms in total. The van der Waals surface area contributed by atoms with E-state index in [2.05, 4.69) is 15.2 Å². The summed E-state index contributed by atoms with van der Waals surface area (Å²) >= 11 is 0. The van der Waals surface area contributed by atoms with Crippen molar-refractivity contribution in [2.45, 2.75) is 32.3 Å². The standard InChI is InChI=1S/C15H31N3O4S/c1-4-23(19,20)13-8-17-15(16-2)18-9-6-14(7-10-18)22-12-5-11-21-3/h14H,4-13H2,1-3H3,(H,16,17). The van der Waals surface area contributed by atoms with Crippen LogP contribution in [-0.2, 0) is 19.3 Å². The largest absolute Gasteiger partial charge is 0.385 e. The molecule has 136 valence electrons. The molecule has 0 aromatic carbocycles.